The molecule has 0 aliphatic rings. The van der Waals surface area contributed by atoms with E-state index in [-0.39, 0.29) is 5.82 Å². The molecule has 0 fully saturated rings. The van der Waals surface area contributed by atoms with Crippen LogP contribution in [0.15, 0.2) is 54.9 Å². The Morgan fingerprint density at radius 2 is 1.90 bits per heavy atom. The summed E-state index contributed by atoms with van der Waals surface area (Å²) >= 11 is 0. The highest BCUT2D eigenvalue weighted by Crippen LogP contribution is 2.30. The summed E-state index contributed by atoms with van der Waals surface area (Å²) in [5.74, 6) is -0.214. The minimum Gasteiger partial charge on any atom is -0.313 e. The zero-order chi connectivity index (χ0) is 14.7. The van der Waals surface area contributed by atoms with Gasteiger partial charge in [-0.15, -0.1) is 0 Å². The average Bonchev–Trinajstić information content (AvgIpc) is 2.54. The summed E-state index contributed by atoms with van der Waals surface area (Å²) in [6, 6.07) is 13.2. The zero-order valence-corrected chi connectivity index (χ0v) is 11.9. The van der Waals surface area contributed by atoms with Crippen LogP contribution in [0.4, 0.5) is 4.39 Å². The Bertz CT molecular complexity index is 763. The third-order valence-corrected chi connectivity index (χ3v) is 3.57. The van der Waals surface area contributed by atoms with Gasteiger partial charge in [-0.25, -0.2) is 4.39 Å². The summed E-state index contributed by atoms with van der Waals surface area (Å²) in [4.78, 5) is 4.24. The second-order valence-electron chi connectivity index (χ2n) is 5.00. The van der Waals surface area contributed by atoms with E-state index < -0.39 is 0 Å². The van der Waals surface area contributed by atoms with E-state index in [0.717, 1.165) is 35.0 Å². The first-order chi connectivity index (χ1) is 10.3. The van der Waals surface area contributed by atoms with Crippen LogP contribution in [0.2, 0.25) is 0 Å². The molecule has 3 heteroatoms. The number of hydrogen-bond donors (Lipinski definition) is 1. The van der Waals surface area contributed by atoms with Gasteiger partial charge in [-0.1, -0.05) is 37.3 Å². The van der Waals surface area contributed by atoms with Gasteiger partial charge in [0.15, 0.2) is 0 Å². The number of halogens is 1. The molecule has 21 heavy (non-hydrogen) atoms. The van der Waals surface area contributed by atoms with Gasteiger partial charge < -0.3 is 5.32 Å². The van der Waals surface area contributed by atoms with Crippen LogP contribution in [0.5, 0.6) is 0 Å². The number of rotatable bonds is 4. The Morgan fingerprint density at radius 1 is 1.05 bits per heavy atom. The first kappa shape index (κ1) is 13.7. The maximum Gasteiger partial charge on any atom is 0.131 e. The van der Waals surface area contributed by atoms with Crippen molar-refractivity contribution in [2.75, 3.05) is 6.54 Å². The number of nitrogens with zero attached hydrogens (tertiary/aromatic N) is 1. The van der Waals surface area contributed by atoms with Gasteiger partial charge in [0, 0.05) is 35.5 Å². The normalized spacial score (nSPS) is 11.0. The van der Waals surface area contributed by atoms with E-state index in [2.05, 4.69) is 17.2 Å². The smallest absolute Gasteiger partial charge is 0.131 e. The van der Waals surface area contributed by atoms with Crippen molar-refractivity contribution < 1.29 is 4.39 Å². The second-order valence-corrected chi connectivity index (χ2v) is 5.00. The maximum absolute atomic E-state index is 14.3. The number of aromatic nitrogens is 1. The molecule has 1 N–H and O–H groups in total. The number of hydrogen-bond acceptors (Lipinski definition) is 2. The summed E-state index contributed by atoms with van der Waals surface area (Å²) in [6.45, 7) is 3.68. The SMILES string of the molecule is CCNCc1ccc(F)c(-c2cncc3ccccc23)c1. The van der Waals surface area contributed by atoms with E-state index in [4.69, 9.17) is 0 Å². The molecular weight excluding hydrogens is 263 g/mol. The predicted molar refractivity (Wildman–Crippen MR) is 84.5 cm³/mol. The van der Waals surface area contributed by atoms with Gasteiger partial charge in [-0.2, -0.15) is 0 Å². The number of pyridine rings is 1. The van der Waals surface area contributed by atoms with Crippen molar-refractivity contribution >= 4 is 10.8 Å². The third-order valence-electron chi connectivity index (χ3n) is 3.57. The molecule has 0 bridgehead atoms. The molecule has 0 aliphatic heterocycles. The van der Waals surface area contributed by atoms with E-state index in [0.29, 0.717) is 5.56 Å². The first-order valence-electron chi connectivity index (χ1n) is 7.12. The molecule has 0 saturated carbocycles. The minimum atomic E-state index is -0.214. The Kier molecular flexibility index (Phi) is 3.93. The van der Waals surface area contributed by atoms with Gasteiger partial charge in [-0.05, 0) is 29.6 Å². The van der Waals surface area contributed by atoms with E-state index in [1.54, 1.807) is 12.4 Å². The molecule has 2 nitrogen and oxygen atoms in total. The van der Waals surface area contributed by atoms with Gasteiger partial charge in [0.25, 0.3) is 0 Å². The second kappa shape index (κ2) is 6.02. The molecule has 0 unspecified atom stereocenters. The fourth-order valence-electron chi connectivity index (χ4n) is 2.49. The molecule has 0 radical (unpaired) electrons. The van der Waals surface area contributed by atoms with Crippen LogP contribution in [-0.4, -0.2) is 11.5 Å². The lowest BCUT2D eigenvalue weighted by Crippen LogP contribution is -2.11. The average molecular weight is 280 g/mol. The van der Waals surface area contributed by atoms with Crippen molar-refractivity contribution in [3.8, 4) is 11.1 Å². The minimum absolute atomic E-state index is 0.214. The molecule has 0 saturated heterocycles. The lowest BCUT2D eigenvalue weighted by molar-refractivity contribution is 0.629. The molecule has 1 aromatic heterocycles. The largest absolute Gasteiger partial charge is 0.313 e. The molecule has 0 aliphatic carbocycles. The molecular formula is C18H17FN2. The molecule has 0 atom stereocenters. The van der Waals surface area contributed by atoms with Crippen molar-refractivity contribution in [1.82, 2.24) is 10.3 Å². The Labute approximate surface area is 123 Å². The topological polar surface area (TPSA) is 24.9 Å². The first-order valence-corrected chi connectivity index (χ1v) is 7.12. The van der Waals surface area contributed by atoms with Crippen LogP contribution >= 0.6 is 0 Å². The predicted octanol–water partition coefficient (Wildman–Crippen LogP) is 4.15. The highest BCUT2D eigenvalue weighted by atomic mass is 19.1. The van der Waals surface area contributed by atoms with Crippen molar-refractivity contribution in [1.29, 1.82) is 0 Å². The quantitative estimate of drug-likeness (QED) is 0.776. The molecule has 3 aromatic rings. The zero-order valence-electron chi connectivity index (χ0n) is 11.9. The van der Waals surface area contributed by atoms with Gasteiger partial charge >= 0.3 is 0 Å². The number of fused-ring (bicyclic) bond motifs is 1. The van der Waals surface area contributed by atoms with Crippen molar-refractivity contribution in [2.24, 2.45) is 0 Å². The Balaban J connectivity index is 2.13. The van der Waals surface area contributed by atoms with E-state index in [9.17, 15) is 4.39 Å². The highest BCUT2D eigenvalue weighted by molar-refractivity contribution is 5.95. The van der Waals surface area contributed by atoms with Crippen LogP contribution < -0.4 is 5.32 Å². The fraction of sp³-hybridized carbons (Fsp3) is 0.167. The van der Waals surface area contributed by atoms with Crippen LogP contribution in [0, 0.1) is 5.82 Å². The van der Waals surface area contributed by atoms with Crippen LogP contribution in [0.3, 0.4) is 0 Å². The molecule has 3 rings (SSSR count). The third kappa shape index (κ3) is 2.78. The summed E-state index contributed by atoms with van der Waals surface area (Å²) in [5.41, 5.74) is 2.51. The fourth-order valence-corrected chi connectivity index (χ4v) is 2.49. The molecule has 106 valence electrons. The van der Waals surface area contributed by atoms with Crippen LogP contribution in [-0.2, 0) is 6.54 Å². The molecule has 0 amide bonds. The van der Waals surface area contributed by atoms with Crippen molar-refractivity contribution in [3.63, 3.8) is 0 Å². The summed E-state index contributed by atoms with van der Waals surface area (Å²) in [5, 5.41) is 5.30. The lowest BCUT2D eigenvalue weighted by Gasteiger charge is -2.10. The monoisotopic (exact) mass is 280 g/mol. The standard InChI is InChI=1S/C18H17FN2/c1-2-20-10-13-7-8-18(19)16(9-13)17-12-21-11-14-5-3-4-6-15(14)17/h3-9,11-12,20H,2,10H2,1H3. The Morgan fingerprint density at radius 3 is 2.76 bits per heavy atom. The molecule has 1 heterocycles. The summed E-state index contributed by atoms with van der Waals surface area (Å²) < 4.78 is 14.3. The van der Waals surface area contributed by atoms with Gasteiger partial charge in [-0.3, -0.25) is 4.98 Å². The summed E-state index contributed by atoms with van der Waals surface area (Å²) in [6.07, 6.45) is 3.54. The van der Waals surface area contributed by atoms with Gasteiger partial charge in [0.05, 0.1) is 0 Å². The maximum atomic E-state index is 14.3. The highest BCUT2D eigenvalue weighted by Gasteiger charge is 2.10. The van der Waals surface area contributed by atoms with Crippen LogP contribution in [0.25, 0.3) is 21.9 Å². The lowest BCUT2D eigenvalue weighted by atomic mass is 9.99. The van der Waals surface area contributed by atoms with E-state index in [1.807, 2.05) is 36.4 Å². The number of benzene rings is 2. The molecule has 2 aromatic carbocycles. The van der Waals surface area contributed by atoms with E-state index in [1.165, 1.54) is 6.07 Å². The van der Waals surface area contributed by atoms with E-state index >= 15 is 0 Å². The van der Waals surface area contributed by atoms with Gasteiger partial charge in [0.2, 0.25) is 0 Å². The number of nitrogens with one attached hydrogen (secondary N) is 1. The molecule has 0 spiro atoms. The Hall–Kier alpha value is -2.26. The summed E-state index contributed by atoms with van der Waals surface area (Å²) in [7, 11) is 0. The van der Waals surface area contributed by atoms with Crippen LogP contribution in [0.1, 0.15) is 12.5 Å². The van der Waals surface area contributed by atoms with Gasteiger partial charge in [0.1, 0.15) is 5.82 Å². The van der Waals surface area contributed by atoms with Crippen molar-refractivity contribution in [2.45, 2.75) is 13.5 Å². The van der Waals surface area contributed by atoms with Crippen molar-refractivity contribution in [3.05, 3.63) is 66.2 Å².